The number of carboxylic acid groups (broad SMARTS) is 1. The van der Waals surface area contributed by atoms with E-state index in [1.165, 1.54) is 12.1 Å². The third-order valence-corrected chi connectivity index (χ3v) is 3.69. The summed E-state index contributed by atoms with van der Waals surface area (Å²) in [5, 5.41) is 9.10. The molecular weight excluding hydrogens is 280 g/mol. The zero-order valence-electron chi connectivity index (χ0n) is 11.7. The normalized spacial score (nSPS) is 17.7. The van der Waals surface area contributed by atoms with Gasteiger partial charge >= 0.3 is 12.6 Å². The van der Waals surface area contributed by atoms with Crippen molar-refractivity contribution in [1.29, 1.82) is 0 Å². The van der Waals surface area contributed by atoms with Gasteiger partial charge in [0.1, 0.15) is 5.75 Å². The summed E-state index contributed by atoms with van der Waals surface area (Å²) in [5.74, 6) is -0.778. The van der Waals surface area contributed by atoms with Crippen LogP contribution in [0.5, 0.6) is 5.75 Å². The lowest BCUT2D eigenvalue weighted by atomic mass is 9.99. The maximum absolute atomic E-state index is 12.1. The maximum Gasteiger partial charge on any atom is 0.387 e. The smallest absolute Gasteiger partial charge is 0.387 e. The van der Waals surface area contributed by atoms with Gasteiger partial charge in [-0.25, -0.2) is 0 Å². The van der Waals surface area contributed by atoms with Crippen molar-refractivity contribution in [2.75, 3.05) is 13.1 Å². The quantitative estimate of drug-likeness (QED) is 0.875. The molecule has 0 saturated carbocycles. The molecule has 0 spiro atoms. The minimum atomic E-state index is -2.85. The summed E-state index contributed by atoms with van der Waals surface area (Å²) >= 11 is 0. The zero-order chi connectivity index (χ0) is 15.2. The molecule has 6 heteroatoms. The van der Waals surface area contributed by atoms with Crippen LogP contribution < -0.4 is 4.74 Å². The Morgan fingerprint density at radius 1 is 1.19 bits per heavy atom. The number of halogens is 2. The van der Waals surface area contributed by atoms with Crippen molar-refractivity contribution in [2.45, 2.75) is 38.3 Å². The average Bonchev–Trinajstić information content (AvgIpc) is 2.46. The summed E-state index contributed by atoms with van der Waals surface area (Å²) < 4.78 is 28.6. The number of ether oxygens (including phenoxy) is 1. The molecule has 21 heavy (non-hydrogen) atoms. The Morgan fingerprint density at radius 2 is 1.81 bits per heavy atom. The third-order valence-electron chi connectivity index (χ3n) is 3.69. The topological polar surface area (TPSA) is 49.8 Å². The van der Waals surface area contributed by atoms with Crippen LogP contribution in [-0.4, -0.2) is 35.7 Å². The molecule has 0 amide bonds. The highest BCUT2D eigenvalue weighted by atomic mass is 19.3. The van der Waals surface area contributed by atoms with E-state index in [-0.39, 0.29) is 18.2 Å². The second-order valence-electron chi connectivity index (χ2n) is 5.16. The first-order valence-corrected chi connectivity index (χ1v) is 7.07. The van der Waals surface area contributed by atoms with Gasteiger partial charge in [-0.05, 0) is 43.6 Å². The highest BCUT2D eigenvalue weighted by Gasteiger charge is 2.24. The molecule has 1 heterocycles. The van der Waals surface area contributed by atoms with Crippen LogP contribution >= 0.6 is 0 Å². The second kappa shape index (κ2) is 7.36. The number of likely N-dealkylation sites (tertiary alicyclic amines) is 1. The van der Waals surface area contributed by atoms with Crippen molar-refractivity contribution in [3.8, 4) is 5.75 Å². The molecule has 0 aromatic heterocycles. The fourth-order valence-electron chi connectivity index (χ4n) is 2.72. The second-order valence-corrected chi connectivity index (χ2v) is 5.16. The molecule has 1 unspecified atom stereocenters. The predicted molar refractivity (Wildman–Crippen MR) is 73.5 cm³/mol. The Kier molecular flexibility index (Phi) is 5.50. The molecule has 1 N–H and O–H groups in total. The molecule has 0 radical (unpaired) electrons. The van der Waals surface area contributed by atoms with Crippen LogP contribution in [0.3, 0.4) is 0 Å². The summed E-state index contributed by atoms with van der Waals surface area (Å²) in [7, 11) is 0. The van der Waals surface area contributed by atoms with Crippen LogP contribution in [0.2, 0.25) is 0 Å². The number of hydrogen-bond acceptors (Lipinski definition) is 3. The van der Waals surface area contributed by atoms with E-state index in [1.54, 1.807) is 12.1 Å². The number of hydrogen-bond donors (Lipinski definition) is 1. The number of alkyl halides is 2. The molecule has 0 aliphatic carbocycles. The molecule has 1 saturated heterocycles. The van der Waals surface area contributed by atoms with Crippen molar-refractivity contribution in [3.05, 3.63) is 29.8 Å². The van der Waals surface area contributed by atoms with E-state index in [2.05, 4.69) is 9.64 Å². The number of piperidine rings is 1. The standard InChI is InChI=1S/C15H19F2NO3/c16-15(17)21-12-6-4-11(5-7-12)13(10-14(19)20)18-8-2-1-3-9-18/h4-7,13,15H,1-3,8-10H2,(H,19,20). The maximum atomic E-state index is 12.1. The highest BCUT2D eigenvalue weighted by Crippen LogP contribution is 2.29. The molecule has 1 atom stereocenters. The number of benzene rings is 1. The first kappa shape index (κ1) is 15.7. The number of carbonyl (C=O) groups is 1. The van der Waals surface area contributed by atoms with Crippen molar-refractivity contribution >= 4 is 5.97 Å². The van der Waals surface area contributed by atoms with E-state index < -0.39 is 12.6 Å². The number of nitrogens with zero attached hydrogens (tertiary/aromatic N) is 1. The zero-order valence-corrected chi connectivity index (χ0v) is 11.7. The van der Waals surface area contributed by atoms with Gasteiger partial charge in [0.05, 0.1) is 6.42 Å². The van der Waals surface area contributed by atoms with Crippen molar-refractivity contribution in [3.63, 3.8) is 0 Å². The van der Waals surface area contributed by atoms with E-state index in [0.29, 0.717) is 0 Å². The largest absolute Gasteiger partial charge is 0.481 e. The summed E-state index contributed by atoms with van der Waals surface area (Å²) in [6.07, 6.45) is 3.29. The van der Waals surface area contributed by atoms with Crippen molar-refractivity contribution in [2.24, 2.45) is 0 Å². The molecule has 2 rings (SSSR count). The van der Waals surface area contributed by atoms with Gasteiger partial charge in [0.25, 0.3) is 0 Å². The van der Waals surface area contributed by atoms with Crippen LogP contribution in [0.4, 0.5) is 8.78 Å². The average molecular weight is 299 g/mol. The Labute approximate surface area is 122 Å². The minimum Gasteiger partial charge on any atom is -0.481 e. The molecule has 1 aliphatic heterocycles. The predicted octanol–water partition coefficient (Wildman–Crippen LogP) is 3.29. The van der Waals surface area contributed by atoms with Crippen molar-refractivity contribution in [1.82, 2.24) is 4.90 Å². The highest BCUT2D eigenvalue weighted by molar-refractivity contribution is 5.68. The Morgan fingerprint density at radius 3 is 2.33 bits per heavy atom. The van der Waals surface area contributed by atoms with E-state index >= 15 is 0 Å². The third kappa shape index (κ3) is 4.67. The van der Waals surface area contributed by atoms with Gasteiger partial charge in [0, 0.05) is 6.04 Å². The van der Waals surface area contributed by atoms with E-state index in [0.717, 1.165) is 37.9 Å². The van der Waals surface area contributed by atoms with Gasteiger partial charge in [0.15, 0.2) is 0 Å². The lowest BCUT2D eigenvalue weighted by Gasteiger charge is -2.34. The van der Waals surface area contributed by atoms with E-state index in [9.17, 15) is 13.6 Å². The molecular formula is C15H19F2NO3. The fourth-order valence-corrected chi connectivity index (χ4v) is 2.72. The SMILES string of the molecule is O=C(O)CC(c1ccc(OC(F)F)cc1)N1CCCCC1. The van der Waals surface area contributed by atoms with Crippen LogP contribution in [0, 0.1) is 0 Å². The van der Waals surface area contributed by atoms with E-state index in [1.807, 2.05) is 0 Å². The molecule has 1 aromatic carbocycles. The van der Waals surface area contributed by atoms with Crippen LogP contribution in [0.15, 0.2) is 24.3 Å². The molecule has 116 valence electrons. The first-order chi connectivity index (χ1) is 10.1. The lowest BCUT2D eigenvalue weighted by molar-refractivity contribution is -0.138. The molecule has 1 aromatic rings. The van der Waals surface area contributed by atoms with Gasteiger partial charge in [-0.1, -0.05) is 18.6 Å². The van der Waals surface area contributed by atoms with Crippen LogP contribution in [0.25, 0.3) is 0 Å². The van der Waals surface area contributed by atoms with Gasteiger partial charge in [-0.15, -0.1) is 0 Å². The fraction of sp³-hybridized carbons (Fsp3) is 0.533. The van der Waals surface area contributed by atoms with Gasteiger partial charge in [-0.3, -0.25) is 9.69 Å². The first-order valence-electron chi connectivity index (χ1n) is 7.07. The Hall–Kier alpha value is -1.69. The van der Waals surface area contributed by atoms with Crippen LogP contribution in [0.1, 0.15) is 37.3 Å². The number of rotatable bonds is 6. The van der Waals surface area contributed by atoms with Gasteiger partial charge in [-0.2, -0.15) is 8.78 Å². The Balaban J connectivity index is 2.13. The monoisotopic (exact) mass is 299 g/mol. The summed E-state index contributed by atoms with van der Waals surface area (Å²) in [4.78, 5) is 13.2. The summed E-state index contributed by atoms with van der Waals surface area (Å²) in [6, 6.07) is 6.03. The Bertz CT molecular complexity index is 458. The van der Waals surface area contributed by atoms with Crippen molar-refractivity contribution < 1.29 is 23.4 Å². The lowest BCUT2D eigenvalue weighted by Crippen LogP contribution is -2.34. The molecule has 0 bridgehead atoms. The number of carboxylic acids is 1. The van der Waals surface area contributed by atoms with E-state index in [4.69, 9.17) is 5.11 Å². The van der Waals surface area contributed by atoms with Gasteiger partial charge in [0.2, 0.25) is 0 Å². The molecule has 4 nitrogen and oxygen atoms in total. The molecule has 1 fully saturated rings. The molecule has 1 aliphatic rings. The summed E-state index contributed by atoms with van der Waals surface area (Å²) in [6.45, 7) is -1.12. The minimum absolute atomic E-state index is 0.00898. The van der Waals surface area contributed by atoms with Gasteiger partial charge < -0.3 is 9.84 Å². The number of aliphatic carboxylic acids is 1. The van der Waals surface area contributed by atoms with Crippen LogP contribution in [-0.2, 0) is 4.79 Å². The summed E-state index contributed by atoms with van der Waals surface area (Å²) in [5.41, 5.74) is 0.820.